The van der Waals surface area contributed by atoms with Gasteiger partial charge in [-0.25, -0.2) is 8.78 Å². The van der Waals surface area contributed by atoms with Crippen molar-refractivity contribution in [1.29, 1.82) is 0 Å². The normalized spacial score (nSPS) is 10.9. The molecular weight excluding hydrogens is 231 g/mol. The van der Waals surface area contributed by atoms with Crippen molar-refractivity contribution >= 4 is 23.2 Å². The maximum absolute atomic E-state index is 11.8. The van der Waals surface area contributed by atoms with Crippen LogP contribution in [0.15, 0.2) is 18.2 Å². The molecule has 1 aromatic carbocycles. The monoisotopic (exact) mass is 239 g/mol. The molecule has 0 unspecified atom stereocenters. The van der Waals surface area contributed by atoms with E-state index < -0.39 is 6.43 Å². The van der Waals surface area contributed by atoms with Crippen LogP contribution in [-0.4, -0.2) is 13.0 Å². The van der Waals surface area contributed by atoms with Gasteiger partial charge in [-0.3, -0.25) is 0 Å². The van der Waals surface area contributed by atoms with E-state index in [1.807, 2.05) is 0 Å². The molecule has 5 heteroatoms. The molecule has 0 radical (unpaired) electrons. The molecule has 0 bridgehead atoms. The smallest absolute Gasteiger partial charge is 0.250 e. The van der Waals surface area contributed by atoms with Crippen LogP contribution in [0.25, 0.3) is 0 Å². The number of hydrogen-bond acceptors (Lipinski definition) is 1. The van der Waals surface area contributed by atoms with Gasteiger partial charge in [-0.05, 0) is 23.8 Å². The van der Waals surface area contributed by atoms with Gasteiger partial charge >= 0.3 is 0 Å². The Kier molecular flexibility index (Phi) is 4.58. The van der Waals surface area contributed by atoms with E-state index in [0.717, 1.165) is 5.56 Å². The van der Waals surface area contributed by atoms with Gasteiger partial charge in [0, 0.05) is 16.6 Å². The van der Waals surface area contributed by atoms with Crippen LogP contribution in [0.3, 0.4) is 0 Å². The fraction of sp³-hybridized carbons (Fsp3) is 0.333. The van der Waals surface area contributed by atoms with Crippen LogP contribution >= 0.6 is 23.2 Å². The minimum atomic E-state index is -2.35. The Morgan fingerprint density at radius 2 is 2.00 bits per heavy atom. The van der Waals surface area contributed by atoms with Crippen LogP contribution in [0, 0.1) is 0 Å². The van der Waals surface area contributed by atoms with E-state index in [9.17, 15) is 8.78 Å². The van der Waals surface area contributed by atoms with Crippen molar-refractivity contribution in [1.82, 2.24) is 5.32 Å². The number of rotatable bonds is 4. The Bertz CT molecular complexity index is 305. The molecule has 0 amide bonds. The highest BCUT2D eigenvalue weighted by atomic mass is 35.5. The molecule has 0 saturated heterocycles. The summed E-state index contributed by atoms with van der Waals surface area (Å²) in [4.78, 5) is 0. The third kappa shape index (κ3) is 3.78. The molecule has 14 heavy (non-hydrogen) atoms. The van der Waals surface area contributed by atoms with Gasteiger partial charge in [0.05, 0.1) is 6.54 Å². The lowest BCUT2D eigenvalue weighted by Crippen LogP contribution is -2.20. The fourth-order valence-corrected chi connectivity index (χ4v) is 1.37. The maximum Gasteiger partial charge on any atom is 0.250 e. The zero-order valence-corrected chi connectivity index (χ0v) is 8.75. The standard InChI is InChI=1S/C9H9Cl2F2N/c10-7-1-2-8(11)6(3-7)4-14-5-9(12)13/h1-3,9,14H,4-5H2. The van der Waals surface area contributed by atoms with Crippen molar-refractivity contribution in [3.63, 3.8) is 0 Å². The van der Waals surface area contributed by atoms with Crippen LogP contribution in [0.5, 0.6) is 0 Å². The predicted octanol–water partition coefficient (Wildman–Crippen LogP) is 3.35. The largest absolute Gasteiger partial charge is 0.307 e. The van der Waals surface area contributed by atoms with Crippen LogP contribution in [0.2, 0.25) is 10.0 Å². The van der Waals surface area contributed by atoms with E-state index in [-0.39, 0.29) is 6.54 Å². The Morgan fingerprint density at radius 3 is 2.64 bits per heavy atom. The van der Waals surface area contributed by atoms with Crippen molar-refractivity contribution in [2.75, 3.05) is 6.54 Å². The van der Waals surface area contributed by atoms with Gasteiger partial charge in [0.25, 0.3) is 6.43 Å². The molecule has 1 nitrogen and oxygen atoms in total. The van der Waals surface area contributed by atoms with Crippen LogP contribution in [0.4, 0.5) is 8.78 Å². The van der Waals surface area contributed by atoms with Gasteiger partial charge in [0.1, 0.15) is 0 Å². The van der Waals surface area contributed by atoms with Crippen molar-refractivity contribution < 1.29 is 8.78 Å². The summed E-state index contributed by atoms with van der Waals surface area (Å²) in [7, 11) is 0. The number of halogens is 4. The lowest BCUT2D eigenvalue weighted by molar-refractivity contribution is 0.145. The molecule has 78 valence electrons. The Hall–Kier alpha value is -0.380. The molecule has 1 N–H and O–H groups in total. The zero-order valence-electron chi connectivity index (χ0n) is 7.24. The van der Waals surface area contributed by atoms with Gasteiger partial charge in [-0.2, -0.15) is 0 Å². The summed E-state index contributed by atoms with van der Waals surface area (Å²) >= 11 is 11.5. The number of benzene rings is 1. The average molecular weight is 240 g/mol. The van der Waals surface area contributed by atoms with E-state index in [2.05, 4.69) is 5.32 Å². The van der Waals surface area contributed by atoms with Crippen molar-refractivity contribution in [3.05, 3.63) is 33.8 Å². The third-order valence-electron chi connectivity index (χ3n) is 1.62. The molecule has 0 atom stereocenters. The molecule has 0 saturated carbocycles. The first-order valence-corrected chi connectivity index (χ1v) is 4.78. The summed E-state index contributed by atoms with van der Waals surface area (Å²) < 4.78 is 23.6. The summed E-state index contributed by atoms with van der Waals surface area (Å²) in [5.41, 5.74) is 0.722. The highest BCUT2D eigenvalue weighted by Gasteiger charge is 2.04. The van der Waals surface area contributed by atoms with Crippen molar-refractivity contribution in [2.45, 2.75) is 13.0 Å². The van der Waals surface area contributed by atoms with Gasteiger partial charge in [0.2, 0.25) is 0 Å². The van der Waals surface area contributed by atoms with Gasteiger partial charge < -0.3 is 5.32 Å². The first-order valence-electron chi connectivity index (χ1n) is 4.02. The maximum atomic E-state index is 11.8. The van der Waals surface area contributed by atoms with Crippen molar-refractivity contribution in [3.8, 4) is 0 Å². The SMILES string of the molecule is FC(F)CNCc1cc(Cl)ccc1Cl. The molecule has 0 spiro atoms. The number of alkyl halides is 2. The van der Waals surface area contributed by atoms with Gasteiger partial charge in [-0.1, -0.05) is 23.2 Å². The minimum Gasteiger partial charge on any atom is -0.307 e. The van der Waals surface area contributed by atoms with E-state index >= 15 is 0 Å². The summed E-state index contributed by atoms with van der Waals surface area (Å²) in [6, 6.07) is 4.95. The third-order valence-corrected chi connectivity index (χ3v) is 2.23. The lowest BCUT2D eigenvalue weighted by atomic mass is 10.2. The highest BCUT2D eigenvalue weighted by molar-refractivity contribution is 6.33. The van der Waals surface area contributed by atoms with Crippen LogP contribution < -0.4 is 5.32 Å². The van der Waals surface area contributed by atoms with E-state index in [4.69, 9.17) is 23.2 Å². The summed E-state index contributed by atoms with van der Waals surface area (Å²) in [6.45, 7) is -0.0490. The van der Waals surface area contributed by atoms with Crippen LogP contribution in [0.1, 0.15) is 5.56 Å². The lowest BCUT2D eigenvalue weighted by Gasteiger charge is -2.06. The Balaban J connectivity index is 2.53. The molecule has 0 aliphatic heterocycles. The Morgan fingerprint density at radius 1 is 1.29 bits per heavy atom. The predicted molar refractivity (Wildman–Crippen MR) is 54.2 cm³/mol. The number of hydrogen-bond donors (Lipinski definition) is 1. The molecule has 1 rings (SSSR count). The first-order chi connectivity index (χ1) is 6.59. The summed E-state index contributed by atoms with van der Waals surface area (Å²) in [5.74, 6) is 0. The van der Waals surface area contributed by atoms with Crippen LogP contribution in [-0.2, 0) is 6.54 Å². The second-order valence-electron chi connectivity index (χ2n) is 2.76. The minimum absolute atomic E-state index is 0.295. The molecule has 0 aliphatic rings. The molecule has 0 heterocycles. The topological polar surface area (TPSA) is 12.0 Å². The molecule has 0 aromatic heterocycles. The van der Waals surface area contributed by atoms with Gasteiger partial charge in [-0.15, -0.1) is 0 Å². The zero-order chi connectivity index (χ0) is 10.6. The molecule has 0 fully saturated rings. The quantitative estimate of drug-likeness (QED) is 0.850. The second kappa shape index (κ2) is 5.49. The van der Waals surface area contributed by atoms with E-state index in [0.29, 0.717) is 16.6 Å². The molecule has 0 aliphatic carbocycles. The molecular formula is C9H9Cl2F2N. The number of nitrogens with one attached hydrogen (secondary N) is 1. The average Bonchev–Trinajstić information content (AvgIpc) is 2.10. The second-order valence-corrected chi connectivity index (χ2v) is 3.60. The first kappa shape index (κ1) is 11.7. The summed E-state index contributed by atoms with van der Waals surface area (Å²) in [5, 5.41) is 3.64. The van der Waals surface area contributed by atoms with E-state index in [1.54, 1.807) is 18.2 Å². The van der Waals surface area contributed by atoms with E-state index in [1.165, 1.54) is 0 Å². The van der Waals surface area contributed by atoms with Crippen molar-refractivity contribution in [2.24, 2.45) is 0 Å². The summed E-state index contributed by atoms with van der Waals surface area (Å²) in [6.07, 6.45) is -2.35. The Labute approximate surface area is 91.0 Å². The molecule has 1 aromatic rings. The van der Waals surface area contributed by atoms with Gasteiger partial charge in [0.15, 0.2) is 0 Å². The fourth-order valence-electron chi connectivity index (χ4n) is 0.995. The highest BCUT2D eigenvalue weighted by Crippen LogP contribution is 2.20.